The monoisotopic (exact) mass is 398 g/mol. The Balaban J connectivity index is 2.35. The highest BCUT2D eigenvalue weighted by Gasteiger charge is 2.20. The molecule has 3 rings (SSSR count). The van der Waals surface area contributed by atoms with Crippen LogP contribution in [-0.4, -0.2) is 32.3 Å². The largest absolute Gasteiger partial charge is 0.463 e. The van der Waals surface area contributed by atoms with E-state index in [0.29, 0.717) is 18.3 Å². The van der Waals surface area contributed by atoms with Gasteiger partial charge in [-0.3, -0.25) is 0 Å². The molecule has 0 saturated heterocycles. The molecule has 28 heavy (non-hydrogen) atoms. The Morgan fingerprint density at radius 2 is 2.14 bits per heavy atom. The van der Waals surface area contributed by atoms with E-state index >= 15 is 0 Å². The number of ether oxygens (including phenoxy) is 1. The van der Waals surface area contributed by atoms with Crippen molar-refractivity contribution in [2.75, 3.05) is 6.61 Å². The van der Waals surface area contributed by atoms with E-state index in [-0.39, 0.29) is 11.9 Å². The molecule has 0 N–H and O–H groups in total. The molecule has 3 heterocycles. The molecule has 6 nitrogen and oxygen atoms in total. The van der Waals surface area contributed by atoms with Crippen molar-refractivity contribution in [1.29, 1.82) is 0 Å². The molecular formula is C21H23ClN4O2. The van der Waals surface area contributed by atoms with Gasteiger partial charge in [-0.15, -0.1) is 0 Å². The molecule has 0 aliphatic rings. The number of carbonyl (C=O) groups is 1. The summed E-state index contributed by atoms with van der Waals surface area (Å²) in [5, 5.41) is 5.78. The van der Waals surface area contributed by atoms with E-state index < -0.39 is 0 Å². The number of halogens is 1. The molecule has 0 fully saturated rings. The molecule has 0 spiro atoms. The van der Waals surface area contributed by atoms with Gasteiger partial charge in [-0.2, -0.15) is 5.10 Å². The predicted octanol–water partition coefficient (Wildman–Crippen LogP) is 4.87. The molecule has 0 bridgehead atoms. The number of aryl methyl sites for hydroxylation is 1. The molecule has 0 aromatic carbocycles. The fourth-order valence-corrected chi connectivity index (χ4v) is 3.35. The summed E-state index contributed by atoms with van der Waals surface area (Å²) in [6.45, 7) is 9.00. The van der Waals surface area contributed by atoms with Gasteiger partial charge < -0.3 is 4.74 Å². The number of fused-ring (bicyclic) bond motifs is 1. The van der Waals surface area contributed by atoms with E-state index in [1.807, 2.05) is 23.7 Å². The molecule has 7 heteroatoms. The Bertz CT molecular complexity index is 1040. The first-order valence-corrected chi connectivity index (χ1v) is 9.70. The van der Waals surface area contributed by atoms with E-state index in [4.69, 9.17) is 21.3 Å². The van der Waals surface area contributed by atoms with Crippen LogP contribution in [0.2, 0.25) is 5.15 Å². The van der Waals surface area contributed by atoms with Gasteiger partial charge in [-0.05, 0) is 43.5 Å². The third-order valence-electron chi connectivity index (χ3n) is 4.39. The molecule has 3 aromatic rings. The SMILES string of the molecule is CCOC(=O)/C=C/c1c(C(C)C)nc2c(cnn2CC)c1-c1ccnc(Cl)c1. The Morgan fingerprint density at radius 1 is 1.36 bits per heavy atom. The first kappa shape index (κ1) is 20.0. The number of aromatic nitrogens is 4. The van der Waals surface area contributed by atoms with Crippen LogP contribution in [-0.2, 0) is 16.1 Å². The second kappa shape index (κ2) is 8.52. The van der Waals surface area contributed by atoms with Crippen molar-refractivity contribution < 1.29 is 9.53 Å². The fourth-order valence-electron chi connectivity index (χ4n) is 3.17. The van der Waals surface area contributed by atoms with Crippen molar-refractivity contribution in [2.45, 2.75) is 40.2 Å². The molecule has 0 amide bonds. The Morgan fingerprint density at radius 3 is 2.79 bits per heavy atom. The first-order valence-electron chi connectivity index (χ1n) is 9.32. The molecule has 0 aliphatic carbocycles. The minimum absolute atomic E-state index is 0.141. The highest BCUT2D eigenvalue weighted by Crippen LogP contribution is 2.37. The summed E-state index contributed by atoms with van der Waals surface area (Å²) in [5.74, 6) is -0.247. The smallest absolute Gasteiger partial charge is 0.330 e. The number of esters is 1. The fraction of sp³-hybridized carbons (Fsp3) is 0.333. The average Bonchev–Trinajstić information content (AvgIpc) is 3.08. The third-order valence-corrected chi connectivity index (χ3v) is 4.59. The van der Waals surface area contributed by atoms with Crippen molar-refractivity contribution >= 4 is 34.7 Å². The summed E-state index contributed by atoms with van der Waals surface area (Å²) in [4.78, 5) is 20.9. The van der Waals surface area contributed by atoms with Crippen LogP contribution in [0.25, 0.3) is 28.2 Å². The van der Waals surface area contributed by atoms with Gasteiger partial charge in [0.2, 0.25) is 0 Å². The van der Waals surface area contributed by atoms with Gasteiger partial charge in [0.15, 0.2) is 5.65 Å². The predicted molar refractivity (Wildman–Crippen MR) is 111 cm³/mol. The number of hydrogen-bond acceptors (Lipinski definition) is 5. The second-order valence-electron chi connectivity index (χ2n) is 6.59. The van der Waals surface area contributed by atoms with Crippen LogP contribution in [0.4, 0.5) is 0 Å². The van der Waals surface area contributed by atoms with Crippen LogP contribution in [0.1, 0.15) is 44.9 Å². The van der Waals surface area contributed by atoms with Gasteiger partial charge in [0.05, 0.1) is 18.5 Å². The van der Waals surface area contributed by atoms with Crippen molar-refractivity contribution in [3.63, 3.8) is 0 Å². The van der Waals surface area contributed by atoms with E-state index in [1.165, 1.54) is 6.08 Å². The van der Waals surface area contributed by atoms with Crippen LogP contribution < -0.4 is 0 Å². The molecule has 0 aliphatic heterocycles. The van der Waals surface area contributed by atoms with E-state index in [0.717, 1.165) is 33.4 Å². The van der Waals surface area contributed by atoms with Gasteiger partial charge in [0, 0.05) is 35.3 Å². The molecule has 0 unspecified atom stereocenters. The number of rotatable bonds is 6. The quantitative estimate of drug-likeness (QED) is 0.336. The summed E-state index contributed by atoms with van der Waals surface area (Å²) >= 11 is 6.16. The zero-order valence-electron chi connectivity index (χ0n) is 16.4. The van der Waals surface area contributed by atoms with Crippen molar-refractivity contribution in [1.82, 2.24) is 19.7 Å². The first-order chi connectivity index (χ1) is 13.5. The van der Waals surface area contributed by atoms with Crippen LogP contribution in [0.5, 0.6) is 0 Å². The summed E-state index contributed by atoms with van der Waals surface area (Å²) < 4.78 is 6.91. The Hall–Kier alpha value is -2.73. The summed E-state index contributed by atoms with van der Waals surface area (Å²) in [7, 11) is 0. The number of carbonyl (C=O) groups excluding carboxylic acids is 1. The Kier molecular flexibility index (Phi) is 6.09. The topological polar surface area (TPSA) is 69.9 Å². The molecule has 3 aromatic heterocycles. The van der Waals surface area contributed by atoms with Gasteiger partial charge in [-0.1, -0.05) is 25.4 Å². The summed E-state index contributed by atoms with van der Waals surface area (Å²) in [6.07, 6.45) is 6.69. The zero-order valence-corrected chi connectivity index (χ0v) is 17.2. The van der Waals surface area contributed by atoms with E-state index in [2.05, 4.69) is 23.9 Å². The second-order valence-corrected chi connectivity index (χ2v) is 6.98. The summed E-state index contributed by atoms with van der Waals surface area (Å²) in [5.41, 5.74) is 4.37. The third kappa shape index (κ3) is 3.92. The average molecular weight is 399 g/mol. The standard InChI is InChI=1S/C21H23ClN4O2/c1-5-26-21-16(12-24-26)19(14-9-10-23-17(22)11-14)15(20(25-21)13(3)4)7-8-18(27)28-6-2/h7-13H,5-6H2,1-4H3/b8-7+. The molecular weight excluding hydrogens is 376 g/mol. The molecule has 146 valence electrons. The van der Waals surface area contributed by atoms with Crippen molar-refractivity contribution in [3.05, 3.63) is 47.0 Å². The Labute approximate surface area is 169 Å². The van der Waals surface area contributed by atoms with Gasteiger partial charge >= 0.3 is 5.97 Å². The van der Waals surface area contributed by atoms with E-state index in [1.54, 1.807) is 25.4 Å². The highest BCUT2D eigenvalue weighted by molar-refractivity contribution is 6.29. The van der Waals surface area contributed by atoms with Crippen molar-refractivity contribution in [3.8, 4) is 11.1 Å². The minimum Gasteiger partial charge on any atom is -0.463 e. The van der Waals surface area contributed by atoms with Gasteiger partial charge in [0.1, 0.15) is 5.15 Å². The lowest BCUT2D eigenvalue weighted by Gasteiger charge is -2.16. The molecule has 0 saturated carbocycles. The van der Waals surface area contributed by atoms with E-state index in [9.17, 15) is 4.79 Å². The maximum Gasteiger partial charge on any atom is 0.330 e. The molecule has 0 atom stereocenters. The molecule has 0 radical (unpaired) electrons. The zero-order chi connectivity index (χ0) is 20.3. The summed E-state index contributed by atoms with van der Waals surface area (Å²) in [6, 6.07) is 3.71. The minimum atomic E-state index is -0.389. The van der Waals surface area contributed by atoms with Gasteiger partial charge in [-0.25, -0.2) is 19.4 Å². The lowest BCUT2D eigenvalue weighted by molar-refractivity contribution is -0.137. The number of nitrogens with zero attached hydrogens (tertiary/aromatic N) is 4. The number of pyridine rings is 2. The van der Waals surface area contributed by atoms with Crippen molar-refractivity contribution in [2.24, 2.45) is 0 Å². The van der Waals surface area contributed by atoms with Crippen LogP contribution >= 0.6 is 11.6 Å². The van der Waals surface area contributed by atoms with Crippen LogP contribution in [0, 0.1) is 0 Å². The highest BCUT2D eigenvalue weighted by atomic mass is 35.5. The maximum atomic E-state index is 11.9. The van der Waals surface area contributed by atoms with Gasteiger partial charge in [0.25, 0.3) is 0 Å². The maximum absolute atomic E-state index is 11.9. The number of hydrogen-bond donors (Lipinski definition) is 0. The van der Waals surface area contributed by atoms with Crippen LogP contribution in [0.3, 0.4) is 0 Å². The van der Waals surface area contributed by atoms with Crippen LogP contribution in [0.15, 0.2) is 30.6 Å². The lowest BCUT2D eigenvalue weighted by atomic mass is 9.92. The lowest BCUT2D eigenvalue weighted by Crippen LogP contribution is -2.05. The normalized spacial score (nSPS) is 11.6.